The Bertz CT molecular complexity index is 59.5. The van der Waals surface area contributed by atoms with Gasteiger partial charge in [-0.25, -0.2) is 0 Å². The maximum Gasteiger partial charge on any atom is -0.00122 e. The molecule has 0 aromatic carbocycles. The van der Waals surface area contributed by atoms with E-state index in [1.54, 1.807) is 0 Å². The Hall–Kier alpha value is 0.310. The largest absolute Gasteiger partial charge is 0.316 e. The Morgan fingerprint density at radius 2 is 2.62 bits per heavy atom. The first-order chi connectivity index (χ1) is 3.93. The van der Waals surface area contributed by atoms with Crippen molar-refractivity contribution < 1.29 is 0 Å². The first-order valence-corrected chi connectivity index (χ1v) is 4.52. The predicted molar refractivity (Wildman–Crippen MR) is 39.4 cm³/mol. The molecule has 1 nitrogen and oxygen atoms in total. The molecule has 1 N–H and O–H groups in total. The van der Waals surface area contributed by atoms with Crippen molar-refractivity contribution in [1.82, 2.24) is 5.32 Å². The molecule has 0 amide bonds. The molecule has 0 aromatic heterocycles. The van der Waals surface area contributed by atoms with Crippen LogP contribution in [-0.4, -0.2) is 25.1 Å². The summed E-state index contributed by atoms with van der Waals surface area (Å²) in [7, 11) is 0. The van der Waals surface area contributed by atoms with Crippen LogP contribution in [0.25, 0.3) is 0 Å². The third kappa shape index (κ3) is 1.67. The van der Waals surface area contributed by atoms with E-state index < -0.39 is 0 Å². The fraction of sp³-hybridized carbons (Fsp3) is 1.00. The van der Waals surface area contributed by atoms with E-state index in [4.69, 9.17) is 0 Å². The quantitative estimate of drug-likeness (QED) is 0.599. The minimum absolute atomic E-state index is 0.963. The fourth-order valence-electron chi connectivity index (χ4n) is 1.09. The van der Waals surface area contributed by atoms with Crippen LogP contribution < -0.4 is 5.32 Å². The SMILES string of the molecule is CSCC1CCNC1. The molecule has 1 aliphatic heterocycles. The molecule has 0 aliphatic carbocycles. The molecule has 1 saturated heterocycles. The number of hydrogen-bond acceptors (Lipinski definition) is 2. The van der Waals surface area contributed by atoms with Gasteiger partial charge in [-0.1, -0.05) is 0 Å². The Morgan fingerprint density at radius 3 is 3.12 bits per heavy atom. The van der Waals surface area contributed by atoms with Crippen LogP contribution in [0.4, 0.5) is 0 Å². The third-order valence-corrected chi connectivity index (χ3v) is 2.37. The van der Waals surface area contributed by atoms with E-state index in [2.05, 4.69) is 11.6 Å². The van der Waals surface area contributed by atoms with Crippen molar-refractivity contribution in [3.05, 3.63) is 0 Å². The van der Waals surface area contributed by atoms with Crippen molar-refractivity contribution in [2.75, 3.05) is 25.1 Å². The first-order valence-electron chi connectivity index (χ1n) is 3.13. The summed E-state index contributed by atoms with van der Waals surface area (Å²) in [5.74, 6) is 2.30. The summed E-state index contributed by atoms with van der Waals surface area (Å²) < 4.78 is 0. The fourth-order valence-corrected chi connectivity index (χ4v) is 1.85. The highest BCUT2D eigenvalue weighted by molar-refractivity contribution is 7.98. The lowest BCUT2D eigenvalue weighted by Gasteiger charge is -2.02. The average molecular weight is 131 g/mol. The van der Waals surface area contributed by atoms with Gasteiger partial charge in [0, 0.05) is 0 Å². The summed E-state index contributed by atoms with van der Waals surface area (Å²) in [6.45, 7) is 2.49. The van der Waals surface area contributed by atoms with Crippen LogP contribution in [-0.2, 0) is 0 Å². The van der Waals surface area contributed by atoms with Gasteiger partial charge >= 0.3 is 0 Å². The van der Waals surface area contributed by atoms with E-state index in [-0.39, 0.29) is 0 Å². The molecule has 0 saturated carbocycles. The van der Waals surface area contributed by atoms with Gasteiger partial charge in [-0.15, -0.1) is 0 Å². The van der Waals surface area contributed by atoms with E-state index >= 15 is 0 Å². The second kappa shape index (κ2) is 3.36. The van der Waals surface area contributed by atoms with Crippen LogP contribution in [0.1, 0.15) is 6.42 Å². The van der Waals surface area contributed by atoms with Gasteiger partial charge in [0.25, 0.3) is 0 Å². The summed E-state index contributed by atoms with van der Waals surface area (Å²) in [4.78, 5) is 0. The van der Waals surface area contributed by atoms with E-state index in [0.717, 1.165) is 5.92 Å². The second-order valence-corrected chi connectivity index (χ2v) is 3.22. The minimum Gasteiger partial charge on any atom is -0.316 e. The summed E-state index contributed by atoms with van der Waals surface area (Å²) in [6.07, 6.45) is 3.57. The zero-order chi connectivity index (χ0) is 5.82. The van der Waals surface area contributed by atoms with E-state index in [1.165, 1.54) is 25.3 Å². The van der Waals surface area contributed by atoms with Crippen LogP contribution in [0.3, 0.4) is 0 Å². The van der Waals surface area contributed by atoms with Crippen LogP contribution in [0.15, 0.2) is 0 Å². The van der Waals surface area contributed by atoms with Crippen LogP contribution >= 0.6 is 11.8 Å². The molecule has 1 unspecified atom stereocenters. The van der Waals surface area contributed by atoms with Crippen molar-refractivity contribution in [1.29, 1.82) is 0 Å². The van der Waals surface area contributed by atoms with Crippen molar-refractivity contribution in [3.8, 4) is 0 Å². The molecular weight excluding hydrogens is 118 g/mol. The molecule has 0 spiro atoms. The van der Waals surface area contributed by atoms with E-state index in [1.807, 2.05) is 11.8 Å². The molecule has 1 atom stereocenters. The van der Waals surface area contributed by atoms with Crippen molar-refractivity contribution in [3.63, 3.8) is 0 Å². The molecule has 8 heavy (non-hydrogen) atoms. The molecule has 1 fully saturated rings. The molecule has 1 rings (SSSR count). The monoisotopic (exact) mass is 131 g/mol. The number of rotatable bonds is 2. The van der Waals surface area contributed by atoms with Gasteiger partial charge in [-0.3, -0.25) is 0 Å². The van der Waals surface area contributed by atoms with Gasteiger partial charge < -0.3 is 5.32 Å². The van der Waals surface area contributed by atoms with E-state index in [9.17, 15) is 0 Å². The summed E-state index contributed by atoms with van der Waals surface area (Å²) in [5, 5.41) is 3.34. The Morgan fingerprint density at radius 1 is 1.75 bits per heavy atom. The molecule has 48 valence electrons. The van der Waals surface area contributed by atoms with Crippen molar-refractivity contribution in [2.24, 2.45) is 5.92 Å². The zero-order valence-electron chi connectivity index (χ0n) is 5.31. The number of hydrogen-bond donors (Lipinski definition) is 1. The second-order valence-electron chi connectivity index (χ2n) is 2.31. The van der Waals surface area contributed by atoms with Gasteiger partial charge in [0.2, 0.25) is 0 Å². The van der Waals surface area contributed by atoms with Crippen molar-refractivity contribution >= 4 is 11.8 Å². The van der Waals surface area contributed by atoms with Crippen molar-refractivity contribution in [2.45, 2.75) is 6.42 Å². The Balaban J connectivity index is 2.06. The highest BCUT2D eigenvalue weighted by Crippen LogP contribution is 2.11. The number of thioether (sulfide) groups is 1. The molecule has 1 aliphatic rings. The minimum atomic E-state index is 0.963. The Kier molecular flexibility index (Phi) is 2.70. The average Bonchev–Trinajstić information content (AvgIpc) is 2.19. The first kappa shape index (κ1) is 6.43. The lowest BCUT2D eigenvalue weighted by molar-refractivity contribution is 0.663. The molecule has 1 heterocycles. The third-order valence-electron chi connectivity index (χ3n) is 1.56. The molecule has 0 bridgehead atoms. The summed E-state index contributed by atoms with van der Waals surface area (Å²) >= 11 is 1.96. The lowest BCUT2D eigenvalue weighted by Crippen LogP contribution is -2.10. The Labute approximate surface area is 55.2 Å². The van der Waals surface area contributed by atoms with Gasteiger partial charge in [0.05, 0.1) is 0 Å². The zero-order valence-corrected chi connectivity index (χ0v) is 6.13. The molecular formula is C6H13NS. The van der Waals surface area contributed by atoms with Gasteiger partial charge in [-0.05, 0) is 37.4 Å². The topological polar surface area (TPSA) is 12.0 Å². The molecule has 2 heteroatoms. The maximum absolute atomic E-state index is 3.34. The molecule has 0 aromatic rings. The number of nitrogens with one attached hydrogen (secondary N) is 1. The van der Waals surface area contributed by atoms with E-state index in [0.29, 0.717) is 0 Å². The highest BCUT2D eigenvalue weighted by atomic mass is 32.2. The van der Waals surface area contributed by atoms with Gasteiger partial charge in [0.1, 0.15) is 0 Å². The lowest BCUT2D eigenvalue weighted by atomic mass is 10.2. The summed E-state index contributed by atoms with van der Waals surface area (Å²) in [6, 6.07) is 0. The maximum atomic E-state index is 3.34. The summed E-state index contributed by atoms with van der Waals surface area (Å²) in [5.41, 5.74) is 0. The normalized spacial score (nSPS) is 28.9. The van der Waals surface area contributed by atoms with Gasteiger partial charge in [0.15, 0.2) is 0 Å². The van der Waals surface area contributed by atoms with Crippen LogP contribution in [0, 0.1) is 5.92 Å². The van der Waals surface area contributed by atoms with Gasteiger partial charge in [-0.2, -0.15) is 11.8 Å². The predicted octanol–water partition coefficient (Wildman–Crippen LogP) is 0.959. The molecule has 0 radical (unpaired) electrons. The van der Waals surface area contributed by atoms with Crippen LogP contribution in [0.2, 0.25) is 0 Å². The standard InChI is InChI=1S/C6H13NS/c1-8-5-6-2-3-7-4-6/h6-7H,2-5H2,1H3. The van der Waals surface area contributed by atoms with Crippen LogP contribution in [0.5, 0.6) is 0 Å². The highest BCUT2D eigenvalue weighted by Gasteiger charge is 2.12. The smallest absolute Gasteiger partial charge is 0.00122 e.